The van der Waals surface area contributed by atoms with Gasteiger partial charge >= 0.3 is 5.97 Å². The molecule has 0 atom stereocenters. The van der Waals surface area contributed by atoms with E-state index in [1.807, 2.05) is 33.1 Å². The Kier molecular flexibility index (Phi) is 5.08. The average molecular weight is 256 g/mol. The van der Waals surface area contributed by atoms with Gasteiger partial charge in [0.1, 0.15) is 5.60 Å². The van der Waals surface area contributed by atoms with Crippen molar-refractivity contribution in [2.45, 2.75) is 39.7 Å². The number of rotatable bonds is 5. The molecule has 4 nitrogen and oxygen atoms in total. The molecule has 0 spiro atoms. The van der Waals surface area contributed by atoms with Crippen LogP contribution in [0.25, 0.3) is 0 Å². The van der Waals surface area contributed by atoms with Gasteiger partial charge < -0.3 is 10.1 Å². The summed E-state index contributed by atoms with van der Waals surface area (Å²) < 4.78 is 5.18. The fourth-order valence-corrected chi connectivity index (χ4v) is 1.95. The van der Waals surface area contributed by atoms with Crippen molar-refractivity contribution in [3.8, 4) is 0 Å². The molecule has 0 aliphatic carbocycles. The van der Waals surface area contributed by atoms with E-state index < -0.39 is 5.60 Å². The van der Waals surface area contributed by atoms with E-state index in [0.29, 0.717) is 0 Å². The highest BCUT2D eigenvalue weighted by molar-refractivity contribution is 7.09. The number of nitrogens with zero attached hydrogens (tertiary/aromatic N) is 1. The van der Waals surface area contributed by atoms with Crippen LogP contribution >= 0.6 is 11.3 Å². The standard InChI is InChI=1S/C12H20N2O2S/c1-9-14-10(8-17-9)5-6-13-7-11(15)16-12(2,3)4/h8,13H,5-7H2,1-4H3. The fourth-order valence-electron chi connectivity index (χ4n) is 1.31. The van der Waals surface area contributed by atoms with Crippen molar-refractivity contribution < 1.29 is 9.53 Å². The van der Waals surface area contributed by atoms with Crippen LogP contribution in [0.2, 0.25) is 0 Å². The van der Waals surface area contributed by atoms with Crippen LogP contribution in [0, 0.1) is 6.92 Å². The van der Waals surface area contributed by atoms with Gasteiger partial charge in [-0.2, -0.15) is 0 Å². The van der Waals surface area contributed by atoms with Gasteiger partial charge in [-0.3, -0.25) is 4.79 Å². The Morgan fingerprint density at radius 2 is 2.24 bits per heavy atom. The molecule has 1 aromatic heterocycles. The van der Waals surface area contributed by atoms with Crippen molar-refractivity contribution in [1.29, 1.82) is 0 Å². The zero-order valence-electron chi connectivity index (χ0n) is 10.9. The lowest BCUT2D eigenvalue weighted by atomic mass is 10.2. The molecule has 0 saturated heterocycles. The van der Waals surface area contributed by atoms with Gasteiger partial charge in [0, 0.05) is 18.3 Å². The highest BCUT2D eigenvalue weighted by Crippen LogP contribution is 2.08. The van der Waals surface area contributed by atoms with E-state index in [0.717, 1.165) is 23.7 Å². The largest absolute Gasteiger partial charge is 0.459 e. The van der Waals surface area contributed by atoms with Crippen molar-refractivity contribution in [1.82, 2.24) is 10.3 Å². The molecule has 1 rings (SSSR count). The number of thiazole rings is 1. The van der Waals surface area contributed by atoms with Crippen molar-refractivity contribution in [3.05, 3.63) is 16.1 Å². The molecule has 0 amide bonds. The zero-order chi connectivity index (χ0) is 12.9. The lowest BCUT2D eigenvalue weighted by Gasteiger charge is -2.19. The van der Waals surface area contributed by atoms with Crippen LogP contribution in [-0.4, -0.2) is 29.6 Å². The molecule has 96 valence electrons. The minimum atomic E-state index is -0.412. The molecule has 1 aromatic rings. The molecule has 0 radical (unpaired) electrons. The lowest BCUT2D eigenvalue weighted by molar-refractivity contribution is -0.153. The van der Waals surface area contributed by atoms with E-state index in [9.17, 15) is 4.79 Å². The first-order valence-electron chi connectivity index (χ1n) is 5.70. The number of carbonyl (C=O) groups excluding carboxylic acids is 1. The molecule has 17 heavy (non-hydrogen) atoms. The third kappa shape index (κ3) is 6.38. The maximum Gasteiger partial charge on any atom is 0.320 e. The van der Waals surface area contributed by atoms with Gasteiger partial charge in [-0.15, -0.1) is 11.3 Å². The van der Waals surface area contributed by atoms with Crippen molar-refractivity contribution in [2.24, 2.45) is 0 Å². The van der Waals surface area contributed by atoms with E-state index in [1.54, 1.807) is 11.3 Å². The molecule has 0 fully saturated rings. The van der Waals surface area contributed by atoms with E-state index in [-0.39, 0.29) is 12.5 Å². The van der Waals surface area contributed by atoms with Gasteiger partial charge in [0.15, 0.2) is 0 Å². The third-order valence-corrected chi connectivity index (χ3v) is 2.74. The second kappa shape index (κ2) is 6.12. The summed E-state index contributed by atoms with van der Waals surface area (Å²) in [5, 5.41) is 6.18. The zero-order valence-corrected chi connectivity index (χ0v) is 11.7. The summed E-state index contributed by atoms with van der Waals surface area (Å²) in [5.74, 6) is -0.216. The van der Waals surface area contributed by atoms with Gasteiger partial charge in [-0.1, -0.05) is 0 Å². The lowest BCUT2D eigenvalue weighted by Crippen LogP contribution is -2.32. The summed E-state index contributed by atoms with van der Waals surface area (Å²) in [6, 6.07) is 0. The monoisotopic (exact) mass is 256 g/mol. The van der Waals surface area contributed by atoms with Gasteiger partial charge in [0.05, 0.1) is 17.2 Å². The van der Waals surface area contributed by atoms with Crippen molar-refractivity contribution in [2.75, 3.05) is 13.1 Å². The second-order valence-corrected chi connectivity index (χ2v) is 5.93. The van der Waals surface area contributed by atoms with Crippen molar-refractivity contribution in [3.63, 3.8) is 0 Å². The number of hydrogen-bond donors (Lipinski definition) is 1. The van der Waals surface area contributed by atoms with Crippen LogP contribution in [0.3, 0.4) is 0 Å². The predicted octanol–water partition coefficient (Wildman–Crippen LogP) is 1.93. The maximum atomic E-state index is 11.4. The number of aryl methyl sites for hydroxylation is 1. The van der Waals surface area contributed by atoms with Gasteiger partial charge in [-0.05, 0) is 27.7 Å². The number of esters is 1. The Balaban J connectivity index is 2.14. The molecule has 0 aliphatic rings. The number of ether oxygens (including phenoxy) is 1. The first-order chi connectivity index (χ1) is 7.87. The number of carbonyl (C=O) groups is 1. The van der Waals surface area contributed by atoms with Gasteiger partial charge in [0.25, 0.3) is 0 Å². The van der Waals surface area contributed by atoms with E-state index >= 15 is 0 Å². The summed E-state index contributed by atoms with van der Waals surface area (Å²) in [7, 11) is 0. The molecule has 0 unspecified atom stereocenters. The third-order valence-electron chi connectivity index (χ3n) is 1.91. The Morgan fingerprint density at radius 1 is 1.53 bits per heavy atom. The summed E-state index contributed by atoms with van der Waals surface area (Å²) >= 11 is 1.65. The van der Waals surface area contributed by atoms with Crippen LogP contribution < -0.4 is 5.32 Å². The molecule has 0 aromatic carbocycles. The Morgan fingerprint density at radius 3 is 2.76 bits per heavy atom. The maximum absolute atomic E-state index is 11.4. The topological polar surface area (TPSA) is 51.2 Å². The second-order valence-electron chi connectivity index (χ2n) is 4.87. The normalized spacial score (nSPS) is 11.5. The van der Waals surface area contributed by atoms with E-state index in [1.165, 1.54) is 0 Å². The number of aromatic nitrogens is 1. The summed E-state index contributed by atoms with van der Waals surface area (Å²) in [6.07, 6.45) is 0.840. The first-order valence-corrected chi connectivity index (χ1v) is 6.58. The molecule has 0 saturated carbocycles. The highest BCUT2D eigenvalue weighted by atomic mass is 32.1. The molecular weight excluding hydrogens is 236 g/mol. The minimum Gasteiger partial charge on any atom is -0.459 e. The molecule has 5 heteroatoms. The summed E-state index contributed by atoms with van der Waals surface area (Å²) in [5.41, 5.74) is 0.661. The number of nitrogens with one attached hydrogen (secondary N) is 1. The Labute approximate surface area is 106 Å². The van der Waals surface area contributed by atoms with Crippen LogP contribution in [0.1, 0.15) is 31.5 Å². The van der Waals surface area contributed by atoms with Gasteiger partial charge in [0.2, 0.25) is 0 Å². The fraction of sp³-hybridized carbons (Fsp3) is 0.667. The van der Waals surface area contributed by atoms with Crippen LogP contribution in [0.15, 0.2) is 5.38 Å². The molecular formula is C12H20N2O2S. The van der Waals surface area contributed by atoms with E-state index in [2.05, 4.69) is 10.3 Å². The van der Waals surface area contributed by atoms with Crippen LogP contribution in [0.5, 0.6) is 0 Å². The Hall–Kier alpha value is -0.940. The SMILES string of the molecule is Cc1nc(CCNCC(=O)OC(C)(C)C)cs1. The van der Waals surface area contributed by atoms with Crippen LogP contribution in [0.4, 0.5) is 0 Å². The molecule has 1 N–H and O–H groups in total. The smallest absolute Gasteiger partial charge is 0.320 e. The molecule has 0 bridgehead atoms. The van der Waals surface area contributed by atoms with Gasteiger partial charge in [-0.25, -0.2) is 4.98 Å². The van der Waals surface area contributed by atoms with Crippen LogP contribution in [-0.2, 0) is 16.0 Å². The molecule has 1 heterocycles. The summed E-state index contributed by atoms with van der Waals surface area (Å²) in [6.45, 7) is 8.57. The predicted molar refractivity (Wildman–Crippen MR) is 69.3 cm³/mol. The first kappa shape index (κ1) is 14.1. The quantitative estimate of drug-likeness (QED) is 0.646. The number of hydrogen-bond acceptors (Lipinski definition) is 5. The van der Waals surface area contributed by atoms with Crippen molar-refractivity contribution >= 4 is 17.3 Å². The summed E-state index contributed by atoms with van der Waals surface area (Å²) in [4.78, 5) is 15.7. The molecule has 0 aliphatic heterocycles. The minimum absolute atomic E-state index is 0.216. The Bertz CT molecular complexity index is 369. The average Bonchev–Trinajstić information content (AvgIpc) is 2.56. The highest BCUT2D eigenvalue weighted by Gasteiger charge is 2.15. The van der Waals surface area contributed by atoms with E-state index in [4.69, 9.17) is 4.74 Å².